The molecular weight excluding hydrogens is 369 g/mol. The highest BCUT2D eigenvalue weighted by Gasteiger charge is 2.38. The molecule has 0 saturated carbocycles. The van der Waals surface area contributed by atoms with E-state index in [0.717, 1.165) is 26.2 Å². The summed E-state index contributed by atoms with van der Waals surface area (Å²) in [6.45, 7) is 10.00. The third kappa shape index (κ3) is 4.47. The van der Waals surface area contributed by atoms with E-state index in [9.17, 15) is 10.1 Å². The Morgan fingerprint density at radius 3 is 2.24 bits per heavy atom. The van der Waals surface area contributed by atoms with Crippen LogP contribution in [-0.4, -0.2) is 42.8 Å². The molecule has 1 aromatic carbocycles. The molecule has 0 unspecified atom stereocenters. The van der Waals surface area contributed by atoms with Gasteiger partial charge in [-0.15, -0.1) is 24.8 Å². The number of ether oxygens (including phenoxy) is 2. The van der Waals surface area contributed by atoms with Crippen LogP contribution in [0.1, 0.15) is 32.4 Å². The molecule has 9 heteroatoms. The van der Waals surface area contributed by atoms with Crippen LogP contribution in [0.25, 0.3) is 0 Å². The van der Waals surface area contributed by atoms with Gasteiger partial charge in [0.2, 0.25) is 6.79 Å². The van der Waals surface area contributed by atoms with Crippen molar-refractivity contribution in [2.45, 2.75) is 26.8 Å². The predicted molar refractivity (Wildman–Crippen MR) is 100 cm³/mol. The van der Waals surface area contributed by atoms with E-state index < -0.39 is 0 Å². The number of nitro groups is 1. The maximum atomic E-state index is 11.6. The van der Waals surface area contributed by atoms with Gasteiger partial charge < -0.3 is 14.8 Å². The van der Waals surface area contributed by atoms with E-state index in [2.05, 4.69) is 31.0 Å². The molecule has 1 N–H and O–H groups in total. The van der Waals surface area contributed by atoms with Crippen LogP contribution in [0.2, 0.25) is 0 Å². The number of nitrogens with one attached hydrogen (secondary N) is 1. The summed E-state index contributed by atoms with van der Waals surface area (Å²) in [4.78, 5) is 13.6. The summed E-state index contributed by atoms with van der Waals surface area (Å²) in [5.41, 5.74) is 0.664. The fourth-order valence-corrected chi connectivity index (χ4v) is 3.48. The van der Waals surface area contributed by atoms with Crippen LogP contribution in [0.5, 0.6) is 11.5 Å². The monoisotopic (exact) mass is 393 g/mol. The normalized spacial score (nSPS) is 18.0. The van der Waals surface area contributed by atoms with Gasteiger partial charge in [-0.05, 0) is 11.5 Å². The molecule has 0 bridgehead atoms. The highest BCUT2D eigenvalue weighted by Crippen LogP contribution is 2.46. The minimum atomic E-state index is -0.321. The Hall–Kier alpha value is -1.28. The quantitative estimate of drug-likeness (QED) is 0.627. The average molecular weight is 394 g/mol. The molecule has 1 saturated heterocycles. The highest BCUT2D eigenvalue weighted by molar-refractivity contribution is 5.85. The van der Waals surface area contributed by atoms with Gasteiger partial charge in [-0.2, -0.15) is 0 Å². The second kappa shape index (κ2) is 8.40. The van der Waals surface area contributed by atoms with Crippen LogP contribution >= 0.6 is 24.8 Å². The Morgan fingerprint density at radius 1 is 1.16 bits per heavy atom. The maximum Gasteiger partial charge on any atom is 0.278 e. The van der Waals surface area contributed by atoms with Gasteiger partial charge in [-0.1, -0.05) is 20.8 Å². The van der Waals surface area contributed by atoms with Crippen molar-refractivity contribution in [1.29, 1.82) is 0 Å². The van der Waals surface area contributed by atoms with Crippen molar-refractivity contribution in [2.75, 3.05) is 33.0 Å². The number of hydrogen-bond donors (Lipinski definition) is 1. The molecule has 1 aromatic rings. The van der Waals surface area contributed by atoms with Crippen molar-refractivity contribution in [2.24, 2.45) is 5.41 Å². The molecule has 0 amide bonds. The Labute approximate surface area is 160 Å². The number of rotatable bonds is 3. The van der Waals surface area contributed by atoms with Crippen molar-refractivity contribution in [3.05, 3.63) is 27.8 Å². The summed E-state index contributed by atoms with van der Waals surface area (Å²) in [7, 11) is 0. The Morgan fingerprint density at radius 2 is 1.72 bits per heavy atom. The third-order valence-corrected chi connectivity index (χ3v) is 4.35. The molecule has 1 atom stereocenters. The van der Waals surface area contributed by atoms with Gasteiger partial charge in [0, 0.05) is 32.2 Å². The predicted octanol–water partition coefficient (Wildman–Crippen LogP) is 3.16. The fourth-order valence-electron chi connectivity index (χ4n) is 3.48. The minimum Gasteiger partial charge on any atom is -0.454 e. The second-order valence-corrected chi connectivity index (χ2v) is 7.08. The Kier molecular flexibility index (Phi) is 7.31. The summed E-state index contributed by atoms with van der Waals surface area (Å²) in [6, 6.07) is 3.23. The van der Waals surface area contributed by atoms with Crippen molar-refractivity contribution >= 4 is 30.5 Å². The molecule has 25 heavy (non-hydrogen) atoms. The van der Waals surface area contributed by atoms with Crippen LogP contribution in [0.15, 0.2) is 12.1 Å². The van der Waals surface area contributed by atoms with E-state index in [0.29, 0.717) is 17.1 Å². The highest BCUT2D eigenvalue weighted by atomic mass is 35.5. The fraction of sp³-hybridized carbons (Fsp3) is 0.625. The Bertz CT molecular complexity index is 616. The van der Waals surface area contributed by atoms with E-state index in [-0.39, 0.29) is 53.7 Å². The number of halogens is 2. The molecular formula is C16H25Cl2N3O4. The number of nitrogens with zero attached hydrogens (tertiary/aromatic N) is 2. The van der Waals surface area contributed by atoms with Gasteiger partial charge in [0.1, 0.15) is 0 Å². The summed E-state index contributed by atoms with van der Waals surface area (Å²) < 4.78 is 10.8. The van der Waals surface area contributed by atoms with Crippen molar-refractivity contribution < 1.29 is 14.4 Å². The topological polar surface area (TPSA) is 76.9 Å². The van der Waals surface area contributed by atoms with Crippen molar-refractivity contribution in [3.8, 4) is 11.5 Å². The first-order chi connectivity index (χ1) is 10.9. The van der Waals surface area contributed by atoms with E-state index in [1.54, 1.807) is 6.07 Å². The zero-order valence-electron chi connectivity index (χ0n) is 14.6. The standard InChI is InChI=1S/C16H23N3O4.2ClH/c1-16(2,3)15(18-6-4-17-5-7-18)11-8-13-14(23-10-22-13)9-12(11)19(20)21;;/h8-9,15,17H,4-7,10H2,1-3H3;2*1H/t15-;;/m1../s1. The van der Waals surface area contributed by atoms with E-state index in [1.165, 1.54) is 6.07 Å². The average Bonchev–Trinajstić information content (AvgIpc) is 2.93. The smallest absolute Gasteiger partial charge is 0.278 e. The van der Waals surface area contributed by atoms with E-state index >= 15 is 0 Å². The number of piperazine rings is 1. The first-order valence-electron chi connectivity index (χ1n) is 7.90. The number of nitro benzene ring substituents is 1. The van der Waals surface area contributed by atoms with E-state index in [4.69, 9.17) is 9.47 Å². The maximum absolute atomic E-state index is 11.6. The van der Waals surface area contributed by atoms with E-state index in [1.807, 2.05) is 0 Å². The molecule has 3 rings (SSSR count). The zero-order valence-corrected chi connectivity index (χ0v) is 16.2. The number of fused-ring (bicyclic) bond motifs is 1. The SMILES string of the molecule is CC(C)(C)[C@@H](c1cc2c(cc1[N+](=O)[O-])OCO2)N1CCNCC1.Cl.Cl. The largest absolute Gasteiger partial charge is 0.454 e. The molecule has 2 aliphatic rings. The van der Waals surface area contributed by atoms with Gasteiger partial charge in [-0.25, -0.2) is 0 Å². The first-order valence-corrected chi connectivity index (χ1v) is 7.90. The van der Waals surface area contributed by atoms with Crippen LogP contribution in [0, 0.1) is 15.5 Å². The molecule has 0 radical (unpaired) electrons. The molecule has 0 aromatic heterocycles. The molecule has 2 heterocycles. The summed E-state index contributed by atoms with van der Waals surface area (Å²) in [5, 5.41) is 14.9. The van der Waals surface area contributed by atoms with Crippen LogP contribution in [-0.2, 0) is 0 Å². The molecule has 0 spiro atoms. The van der Waals surface area contributed by atoms with Gasteiger partial charge in [-0.3, -0.25) is 15.0 Å². The van der Waals surface area contributed by atoms with Gasteiger partial charge in [0.05, 0.1) is 16.6 Å². The van der Waals surface area contributed by atoms with Crippen molar-refractivity contribution in [1.82, 2.24) is 10.2 Å². The summed E-state index contributed by atoms with van der Waals surface area (Å²) >= 11 is 0. The molecule has 1 fully saturated rings. The van der Waals surface area contributed by atoms with Gasteiger partial charge in [0.15, 0.2) is 11.5 Å². The van der Waals surface area contributed by atoms with Crippen molar-refractivity contribution in [3.63, 3.8) is 0 Å². The lowest BCUT2D eigenvalue weighted by Gasteiger charge is -2.42. The third-order valence-electron chi connectivity index (χ3n) is 4.35. The van der Waals surface area contributed by atoms with Crippen LogP contribution in [0.3, 0.4) is 0 Å². The van der Waals surface area contributed by atoms with Crippen LogP contribution < -0.4 is 14.8 Å². The molecule has 142 valence electrons. The number of benzene rings is 1. The van der Waals surface area contributed by atoms with Crippen LogP contribution in [0.4, 0.5) is 5.69 Å². The molecule has 7 nitrogen and oxygen atoms in total. The molecule has 2 aliphatic heterocycles. The lowest BCUT2D eigenvalue weighted by atomic mass is 9.80. The second-order valence-electron chi connectivity index (χ2n) is 7.08. The lowest BCUT2D eigenvalue weighted by Crippen LogP contribution is -2.48. The zero-order chi connectivity index (χ0) is 16.6. The lowest BCUT2D eigenvalue weighted by molar-refractivity contribution is -0.386. The Balaban J connectivity index is 0.00000156. The first kappa shape index (κ1) is 21.8. The molecule has 0 aliphatic carbocycles. The van der Waals surface area contributed by atoms with Gasteiger partial charge >= 0.3 is 0 Å². The van der Waals surface area contributed by atoms with Gasteiger partial charge in [0.25, 0.3) is 5.69 Å². The minimum absolute atomic E-state index is 0. The summed E-state index contributed by atoms with van der Waals surface area (Å²) in [5.74, 6) is 1.04. The summed E-state index contributed by atoms with van der Waals surface area (Å²) in [6.07, 6.45) is 0. The number of hydrogen-bond acceptors (Lipinski definition) is 6.